The predicted octanol–water partition coefficient (Wildman–Crippen LogP) is 3.58. The molecule has 1 heterocycles. The van der Waals surface area contributed by atoms with Crippen LogP contribution in [0.2, 0.25) is 0 Å². The van der Waals surface area contributed by atoms with Crippen molar-refractivity contribution < 1.29 is 14.3 Å². The molecule has 6 nitrogen and oxygen atoms in total. The van der Waals surface area contributed by atoms with Gasteiger partial charge in [0.25, 0.3) is 5.91 Å². The molecule has 1 amide bonds. The van der Waals surface area contributed by atoms with Crippen LogP contribution in [-0.2, 0) is 6.54 Å². The number of methoxy groups -OCH3 is 2. The van der Waals surface area contributed by atoms with Gasteiger partial charge >= 0.3 is 0 Å². The molecule has 1 aromatic heterocycles. The number of rotatable bonds is 6. The summed E-state index contributed by atoms with van der Waals surface area (Å²) in [5.74, 6) is 1.16. The Morgan fingerprint density at radius 1 is 1.15 bits per heavy atom. The molecule has 0 saturated carbocycles. The number of ether oxygens (including phenoxy) is 2. The fraction of sp³-hybridized carbons (Fsp3) is 0.158. The maximum Gasteiger partial charge on any atom is 0.254 e. The lowest BCUT2D eigenvalue weighted by Crippen LogP contribution is -2.22. The molecule has 26 heavy (non-hydrogen) atoms. The van der Waals surface area contributed by atoms with Crippen LogP contribution < -0.4 is 14.8 Å². The first-order valence-electron chi connectivity index (χ1n) is 7.90. The molecule has 0 fully saturated rings. The highest BCUT2D eigenvalue weighted by Gasteiger charge is 2.11. The van der Waals surface area contributed by atoms with Crippen molar-refractivity contribution in [2.75, 3.05) is 14.2 Å². The standard InChI is InChI=1S/C19H18BrN3O3/c1-25-17-8-3-13(18(9-17)26-2)10-21-19(24)14-11-22-23(12-14)16-6-4-15(20)5-7-16/h3-9,11-12H,10H2,1-2H3,(H,21,24). The highest BCUT2D eigenvalue weighted by molar-refractivity contribution is 9.10. The fourth-order valence-corrected chi connectivity index (χ4v) is 2.71. The minimum absolute atomic E-state index is 0.203. The van der Waals surface area contributed by atoms with Crippen LogP contribution in [0.3, 0.4) is 0 Å². The minimum atomic E-state index is -0.203. The highest BCUT2D eigenvalue weighted by Crippen LogP contribution is 2.24. The second-order valence-corrected chi connectivity index (χ2v) is 6.43. The Hall–Kier alpha value is -2.80. The van der Waals surface area contributed by atoms with Crippen LogP contribution in [0.5, 0.6) is 11.5 Å². The summed E-state index contributed by atoms with van der Waals surface area (Å²) >= 11 is 3.40. The number of nitrogens with zero attached hydrogens (tertiary/aromatic N) is 2. The Bertz CT molecular complexity index is 907. The number of carbonyl (C=O) groups excluding carboxylic acids is 1. The average Bonchev–Trinajstić information content (AvgIpc) is 3.16. The van der Waals surface area contributed by atoms with Crippen LogP contribution >= 0.6 is 15.9 Å². The second kappa shape index (κ2) is 8.05. The number of halogens is 1. The van der Waals surface area contributed by atoms with E-state index in [1.165, 1.54) is 0 Å². The lowest BCUT2D eigenvalue weighted by molar-refractivity contribution is 0.0950. The summed E-state index contributed by atoms with van der Waals surface area (Å²) in [5, 5.41) is 7.13. The highest BCUT2D eigenvalue weighted by atomic mass is 79.9. The lowest BCUT2D eigenvalue weighted by atomic mass is 10.2. The number of aromatic nitrogens is 2. The molecule has 7 heteroatoms. The van der Waals surface area contributed by atoms with Crippen molar-refractivity contribution in [1.29, 1.82) is 0 Å². The van der Waals surface area contributed by atoms with Crippen LogP contribution in [0, 0.1) is 0 Å². The molecule has 0 saturated heterocycles. The summed E-state index contributed by atoms with van der Waals surface area (Å²) in [4.78, 5) is 12.4. The van der Waals surface area contributed by atoms with Crippen LogP contribution in [0.25, 0.3) is 5.69 Å². The number of nitrogens with one attached hydrogen (secondary N) is 1. The molecule has 0 aliphatic heterocycles. The van der Waals surface area contributed by atoms with E-state index >= 15 is 0 Å². The average molecular weight is 416 g/mol. The van der Waals surface area contributed by atoms with Gasteiger partial charge in [0.15, 0.2) is 0 Å². The van der Waals surface area contributed by atoms with Gasteiger partial charge in [-0.1, -0.05) is 15.9 Å². The van der Waals surface area contributed by atoms with Crippen LogP contribution in [0.4, 0.5) is 0 Å². The maximum absolute atomic E-state index is 12.4. The normalized spacial score (nSPS) is 10.4. The van der Waals surface area contributed by atoms with Gasteiger partial charge in [-0.3, -0.25) is 4.79 Å². The van der Waals surface area contributed by atoms with Crippen molar-refractivity contribution in [3.63, 3.8) is 0 Å². The number of benzene rings is 2. The van der Waals surface area contributed by atoms with E-state index < -0.39 is 0 Å². The van der Waals surface area contributed by atoms with E-state index in [1.54, 1.807) is 37.4 Å². The van der Waals surface area contributed by atoms with Gasteiger partial charge in [0.05, 0.1) is 31.7 Å². The van der Waals surface area contributed by atoms with Crippen LogP contribution in [0.15, 0.2) is 59.3 Å². The molecule has 0 aliphatic rings. The van der Waals surface area contributed by atoms with E-state index in [9.17, 15) is 4.79 Å². The van der Waals surface area contributed by atoms with Gasteiger partial charge in [-0.2, -0.15) is 5.10 Å². The molecule has 134 valence electrons. The van der Waals surface area contributed by atoms with E-state index in [4.69, 9.17) is 9.47 Å². The topological polar surface area (TPSA) is 65.4 Å². The van der Waals surface area contributed by atoms with Crippen molar-refractivity contribution >= 4 is 21.8 Å². The van der Waals surface area contributed by atoms with Crippen molar-refractivity contribution in [1.82, 2.24) is 15.1 Å². The molecule has 0 bridgehead atoms. The Labute approximate surface area is 159 Å². The summed E-state index contributed by atoms with van der Waals surface area (Å²) in [6.45, 7) is 0.343. The number of carbonyl (C=O) groups is 1. The monoisotopic (exact) mass is 415 g/mol. The van der Waals surface area contributed by atoms with Gasteiger partial charge in [-0.25, -0.2) is 4.68 Å². The van der Waals surface area contributed by atoms with Gasteiger partial charge in [0.2, 0.25) is 0 Å². The molecule has 2 aromatic carbocycles. The third-order valence-electron chi connectivity index (χ3n) is 3.87. The van der Waals surface area contributed by atoms with Gasteiger partial charge in [0, 0.05) is 28.8 Å². The third-order valence-corrected chi connectivity index (χ3v) is 4.40. The molecular weight excluding hydrogens is 398 g/mol. The summed E-state index contributed by atoms with van der Waals surface area (Å²) in [6, 6.07) is 13.2. The zero-order valence-corrected chi connectivity index (χ0v) is 16.0. The third kappa shape index (κ3) is 4.05. The molecule has 3 aromatic rings. The van der Waals surface area contributed by atoms with E-state index in [1.807, 2.05) is 36.4 Å². The predicted molar refractivity (Wildman–Crippen MR) is 102 cm³/mol. The second-order valence-electron chi connectivity index (χ2n) is 5.51. The summed E-state index contributed by atoms with van der Waals surface area (Å²) in [6.07, 6.45) is 3.24. The number of amides is 1. The summed E-state index contributed by atoms with van der Waals surface area (Å²) in [5.41, 5.74) is 2.23. The maximum atomic E-state index is 12.4. The Morgan fingerprint density at radius 3 is 2.62 bits per heavy atom. The number of hydrogen-bond acceptors (Lipinski definition) is 4. The van der Waals surface area contributed by atoms with E-state index in [0.717, 1.165) is 15.7 Å². The molecule has 1 N–H and O–H groups in total. The smallest absolute Gasteiger partial charge is 0.254 e. The van der Waals surface area contributed by atoms with Gasteiger partial charge in [-0.05, 0) is 36.4 Å². The molecule has 3 rings (SSSR count). The SMILES string of the molecule is COc1ccc(CNC(=O)c2cnn(-c3ccc(Br)cc3)c2)c(OC)c1. The zero-order chi connectivity index (χ0) is 18.5. The molecular formula is C19H18BrN3O3. The molecule has 0 unspecified atom stereocenters. The molecule has 0 aliphatic carbocycles. The first-order valence-corrected chi connectivity index (χ1v) is 8.69. The fourth-order valence-electron chi connectivity index (χ4n) is 2.45. The first-order chi connectivity index (χ1) is 12.6. The van der Waals surface area contributed by atoms with Crippen molar-refractivity contribution in [2.24, 2.45) is 0 Å². The quantitative estimate of drug-likeness (QED) is 0.667. The zero-order valence-electron chi connectivity index (χ0n) is 14.4. The van der Waals surface area contributed by atoms with Crippen molar-refractivity contribution in [2.45, 2.75) is 6.54 Å². The van der Waals surface area contributed by atoms with Gasteiger partial charge < -0.3 is 14.8 Å². The van der Waals surface area contributed by atoms with Gasteiger partial charge in [-0.15, -0.1) is 0 Å². The van der Waals surface area contributed by atoms with Crippen LogP contribution in [0.1, 0.15) is 15.9 Å². The summed E-state index contributed by atoms with van der Waals surface area (Å²) in [7, 11) is 3.18. The largest absolute Gasteiger partial charge is 0.497 e. The lowest BCUT2D eigenvalue weighted by Gasteiger charge is -2.11. The Morgan fingerprint density at radius 2 is 1.92 bits per heavy atom. The van der Waals surface area contributed by atoms with Crippen molar-refractivity contribution in [3.05, 3.63) is 70.5 Å². The first kappa shape index (κ1) is 18.0. The van der Waals surface area contributed by atoms with Gasteiger partial charge in [0.1, 0.15) is 11.5 Å². The van der Waals surface area contributed by atoms with Crippen molar-refractivity contribution in [3.8, 4) is 17.2 Å². The summed E-state index contributed by atoms with van der Waals surface area (Å²) < 4.78 is 13.2. The Balaban J connectivity index is 1.68. The van der Waals surface area contributed by atoms with E-state index in [2.05, 4.69) is 26.3 Å². The number of hydrogen-bond donors (Lipinski definition) is 1. The molecule has 0 spiro atoms. The molecule has 0 atom stereocenters. The van der Waals surface area contributed by atoms with E-state index in [-0.39, 0.29) is 5.91 Å². The van der Waals surface area contributed by atoms with E-state index in [0.29, 0.717) is 23.6 Å². The van der Waals surface area contributed by atoms with Crippen LogP contribution in [-0.4, -0.2) is 29.9 Å². The minimum Gasteiger partial charge on any atom is -0.497 e. The molecule has 0 radical (unpaired) electrons. The Kier molecular flexibility index (Phi) is 5.58.